The lowest BCUT2D eigenvalue weighted by Gasteiger charge is -2.34. The summed E-state index contributed by atoms with van der Waals surface area (Å²) in [5.41, 5.74) is 7.74. The van der Waals surface area contributed by atoms with Gasteiger partial charge >= 0.3 is 0 Å². The number of hydrogen-bond acceptors (Lipinski definition) is 4. The van der Waals surface area contributed by atoms with E-state index in [9.17, 15) is 10.1 Å². The summed E-state index contributed by atoms with van der Waals surface area (Å²) < 4.78 is 5.74. The first-order valence-corrected chi connectivity index (χ1v) is 11.0. The van der Waals surface area contributed by atoms with Crippen molar-refractivity contribution in [3.05, 3.63) is 36.1 Å². The van der Waals surface area contributed by atoms with Gasteiger partial charge in [-0.05, 0) is 75.6 Å². The molecule has 1 saturated heterocycles. The highest BCUT2D eigenvalue weighted by Gasteiger charge is 2.31. The van der Waals surface area contributed by atoms with E-state index < -0.39 is 11.8 Å². The van der Waals surface area contributed by atoms with Crippen molar-refractivity contribution in [2.24, 2.45) is 23.5 Å². The summed E-state index contributed by atoms with van der Waals surface area (Å²) in [7, 11) is 0. The fraction of sp³-hybridized carbons (Fsp3) is 0.583. The Morgan fingerprint density at radius 3 is 2.59 bits per heavy atom. The molecule has 1 aliphatic carbocycles. The maximum atomic E-state index is 11.4. The molecule has 4 rings (SSSR count). The van der Waals surface area contributed by atoms with Crippen LogP contribution >= 0.6 is 0 Å². The van der Waals surface area contributed by atoms with Gasteiger partial charge < -0.3 is 15.1 Å². The number of rotatable bonds is 6. The van der Waals surface area contributed by atoms with Crippen LogP contribution in [-0.4, -0.2) is 30.4 Å². The number of hydrogen-bond donors (Lipinski definition) is 1. The predicted molar refractivity (Wildman–Crippen MR) is 113 cm³/mol. The van der Waals surface area contributed by atoms with E-state index in [1.165, 1.54) is 30.2 Å². The third-order valence-electron chi connectivity index (χ3n) is 7.20. The Kier molecular flexibility index (Phi) is 6.20. The van der Waals surface area contributed by atoms with E-state index in [0.29, 0.717) is 11.8 Å². The third kappa shape index (κ3) is 4.48. The van der Waals surface area contributed by atoms with E-state index in [-0.39, 0.29) is 5.92 Å². The largest absolute Gasteiger partial charge is 0.464 e. The zero-order valence-electron chi connectivity index (χ0n) is 17.1. The molecule has 1 saturated carbocycles. The highest BCUT2D eigenvalue weighted by molar-refractivity contribution is 5.81. The maximum Gasteiger partial charge on any atom is 0.235 e. The second kappa shape index (κ2) is 9.00. The number of fused-ring (bicyclic) bond motifs is 1. The van der Waals surface area contributed by atoms with Crippen LogP contribution in [0.2, 0.25) is 0 Å². The number of para-hydroxylation sites is 1. The number of piperidine rings is 1. The van der Waals surface area contributed by atoms with E-state index in [1.807, 2.05) is 18.4 Å². The molecule has 2 heterocycles. The van der Waals surface area contributed by atoms with E-state index in [4.69, 9.17) is 10.2 Å². The minimum atomic E-state index is -0.603. The molecule has 1 amide bonds. The van der Waals surface area contributed by atoms with Crippen molar-refractivity contribution in [3.8, 4) is 6.07 Å². The Labute approximate surface area is 172 Å². The fourth-order valence-electron chi connectivity index (χ4n) is 5.36. The number of nitrogens with zero attached hydrogens (tertiary/aromatic N) is 2. The van der Waals surface area contributed by atoms with Crippen molar-refractivity contribution < 1.29 is 9.21 Å². The van der Waals surface area contributed by atoms with Crippen LogP contribution in [0.3, 0.4) is 0 Å². The van der Waals surface area contributed by atoms with Gasteiger partial charge in [0.1, 0.15) is 11.5 Å². The molecule has 29 heavy (non-hydrogen) atoms. The standard InChI is InChI=1S/C24H31N3O2/c25-15-21(24(26)28)18-7-5-17(6-8-18)9-12-27-13-10-19(11-14-27)22-16-29-23-4-2-1-3-20(22)23/h1-4,16-19,21H,5-14H2,(H2,26,28). The molecule has 1 atom stereocenters. The number of likely N-dealkylation sites (tertiary alicyclic amines) is 1. The molecule has 0 bridgehead atoms. The zero-order chi connectivity index (χ0) is 20.2. The highest BCUT2D eigenvalue weighted by Crippen LogP contribution is 2.36. The van der Waals surface area contributed by atoms with Crippen LogP contribution in [0.15, 0.2) is 34.9 Å². The number of amides is 1. The van der Waals surface area contributed by atoms with Gasteiger partial charge in [0.25, 0.3) is 0 Å². The first-order chi connectivity index (χ1) is 14.2. The normalized spacial score (nSPS) is 24.9. The molecule has 1 aromatic heterocycles. The molecule has 2 N–H and O–H groups in total. The smallest absolute Gasteiger partial charge is 0.235 e. The number of carbonyl (C=O) groups excluding carboxylic acids is 1. The minimum Gasteiger partial charge on any atom is -0.464 e. The monoisotopic (exact) mass is 393 g/mol. The lowest BCUT2D eigenvalue weighted by atomic mass is 9.75. The van der Waals surface area contributed by atoms with Gasteiger partial charge in [-0.25, -0.2) is 0 Å². The van der Waals surface area contributed by atoms with Gasteiger partial charge in [0.05, 0.1) is 12.3 Å². The van der Waals surface area contributed by atoms with Gasteiger partial charge in [-0.2, -0.15) is 5.26 Å². The topological polar surface area (TPSA) is 83.3 Å². The predicted octanol–water partition coefficient (Wildman–Crippen LogP) is 4.43. The van der Waals surface area contributed by atoms with Crippen LogP contribution < -0.4 is 5.73 Å². The van der Waals surface area contributed by atoms with Crippen LogP contribution in [0.1, 0.15) is 56.4 Å². The van der Waals surface area contributed by atoms with E-state index >= 15 is 0 Å². The van der Waals surface area contributed by atoms with Crippen LogP contribution in [0, 0.1) is 29.1 Å². The van der Waals surface area contributed by atoms with Gasteiger partial charge in [0, 0.05) is 10.9 Å². The van der Waals surface area contributed by atoms with Crippen molar-refractivity contribution in [1.82, 2.24) is 4.90 Å². The van der Waals surface area contributed by atoms with Crippen LogP contribution in [-0.2, 0) is 4.79 Å². The molecule has 5 heteroatoms. The molecule has 2 aromatic rings. The summed E-state index contributed by atoms with van der Waals surface area (Å²) in [6.07, 6.45) is 9.73. The molecule has 154 valence electrons. The van der Waals surface area contributed by atoms with Crippen LogP contribution in [0.5, 0.6) is 0 Å². The SMILES string of the molecule is N#CC(C(N)=O)C1CCC(CCN2CCC(c3coc4ccccc34)CC2)CC1. The second-order valence-corrected chi connectivity index (χ2v) is 8.88. The minimum absolute atomic E-state index is 0.161. The Balaban J connectivity index is 1.21. The average Bonchev–Trinajstić information content (AvgIpc) is 3.18. The summed E-state index contributed by atoms with van der Waals surface area (Å²) in [5, 5.41) is 10.4. The van der Waals surface area contributed by atoms with E-state index in [2.05, 4.69) is 23.1 Å². The molecule has 1 aliphatic heterocycles. The average molecular weight is 394 g/mol. The van der Waals surface area contributed by atoms with Crippen molar-refractivity contribution in [3.63, 3.8) is 0 Å². The first-order valence-electron chi connectivity index (χ1n) is 11.0. The van der Waals surface area contributed by atoms with Gasteiger partial charge in [-0.1, -0.05) is 31.0 Å². The number of carbonyl (C=O) groups is 1. The van der Waals surface area contributed by atoms with E-state index in [1.54, 1.807) is 0 Å². The van der Waals surface area contributed by atoms with Gasteiger partial charge in [0.2, 0.25) is 5.91 Å². The fourth-order valence-corrected chi connectivity index (χ4v) is 5.36. The first kappa shape index (κ1) is 20.0. The number of nitriles is 1. The summed E-state index contributed by atoms with van der Waals surface area (Å²) in [4.78, 5) is 14.0. The number of nitrogens with two attached hydrogens (primary N) is 1. The van der Waals surface area contributed by atoms with Crippen LogP contribution in [0.25, 0.3) is 11.0 Å². The van der Waals surface area contributed by atoms with Crippen molar-refractivity contribution >= 4 is 16.9 Å². The lowest BCUT2D eigenvalue weighted by Crippen LogP contribution is -2.35. The molecular weight excluding hydrogens is 362 g/mol. The van der Waals surface area contributed by atoms with E-state index in [0.717, 1.165) is 50.9 Å². The molecule has 2 fully saturated rings. The van der Waals surface area contributed by atoms with Gasteiger partial charge in [-0.3, -0.25) is 4.79 Å². The Hall–Kier alpha value is -2.32. The van der Waals surface area contributed by atoms with Crippen molar-refractivity contribution in [2.45, 2.75) is 50.9 Å². The summed E-state index contributed by atoms with van der Waals surface area (Å²) >= 11 is 0. The molecule has 0 radical (unpaired) electrons. The van der Waals surface area contributed by atoms with Crippen LogP contribution in [0.4, 0.5) is 0 Å². The maximum absolute atomic E-state index is 11.4. The second-order valence-electron chi connectivity index (χ2n) is 8.88. The molecule has 1 aromatic carbocycles. The summed E-state index contributed by atoms with van der Waals surface area (Å²) in [5.74, 6) is 0.420. The number of benzene rings is 1. The zero-order valence-corrected chi connectivity index (χ0v) is 17.1. The highest BCUT2D eigenvalue weighted by atomic mass is 16.3. The Morgan fingerprint density at radius 2 is 1.90 bits per heavy atom. The van der Waals surface area contributed by atoms with Gasteiger partial charge in [0.15, 0.2) is 0 Å². The Bertz CT molecular complexity index is 868. The third-order valence-corrected chi connectivity index (χ3v) is 7.20. The van der Waals surface area contributed by atoms with Crippen molar-refractivity contribution in [1.29, 1.82) is 5.26 Å². The molecular formula is C24H31N3O2. The molecule has 1 unspecified atom stereocenters. The molecule has 0 spiro atoms. The van der Waals surface area contributed by atoms with Gasteiger partial charge in [-0.15, -0.1) is 0 Å². The number of primary amides is 1. The lowest BCUT2D eigenvalue weighted by molar-refractivity contribution is -0.122. The van der Waals surface area contributed by atoms with Crippen molar-refractivity contribution in [2.75, 3.05) is 19.6 Å². The number of furan rings is 1. The quantitative estimate of drug-likeness (QED) is 0.787. The summed E-state index contributed by atoms with van der Waals surface area (Å²) in [6, 6.07) is 10.4. The summed E-state index contributed by atoms with van der Waals surface area (Å²) in [6.45, 7) is 3.46. The Morgan fingerprint density at radius 1 is 1.17 bits per heavy atom. The molecule has 2 aliphatic rings. The molecule has 5 nitrogen and oxygen atoms in total.